The lowest BCUT2D eigenvalue weighted by Gasteiger charge is -2.21. The molecule has 0 radical (unpaired) electrons. The van der Waals surface area contributed by atoms with Gasteiger partial charge in [0.25, 0.3) is 0 Å². The largest absolute Gasteiger partial charge is 0.375 e. The monoisotopic (exact) mass is 220 g/mol. The summed E-state index contributed by atoms with van der Waals surface area (Å²) in [7, 11) is 2.15. The van der Waals surface area contributed by atoms with Crippen molar-refractivity contribution in [1.29, 1.82) is 0 Å². The normalized spacial score (nSPS) is 10.5. The summed E-state index contributed by atoms with van der Waals surface area (Å²) in [6.45, 7) is 9.63. The molecule has 0 aliphatic carbocycles. The number of nitrogens with zero attached hydrogens (tertiary/aromatic N) is 1. The quantitative estimate of drug-likeness (QED) is 0.742. The van der Waals surface area contributed by atoms with E-state index in [1.807, 2.05) is 0 Å². The summed E-state index contributed by atoms with van der Waals surface area (Å²) in [6, 6.07) is 6.69. The van der Waals surface area contributed by atoms with E-state index in [0.717, 1.165) is 19.6 Å². The van der Waals surface area contributed by atoms with Gasteiger partial charge in [0, 0.05) is 25.8 Å². The number of aryl methyl sites for hydroxylation is 1. The van der Waals surface area contributed by atoms with Crippen molar-refractivity contribution in [1.82, 2.24) is 5.32 Å². The molecule has 90 valence electrons. The Hall–Kier alpha value is -1.02. The maximum absolute atomic E-state index is 3.47. The van der Waals surface area contributed by atoms with E-state index < -0.39 is 0 Å². The first-order valence-corrected chi connectivity index (χ1v) is 6.20. The fourth-order valence-corrected chi connectivity index (χ4v) is 1.80. The number of benzene rings is 1. The Labute approximate surface area is 99.7 Å². The molecule has 1 aromatic carbocycles. The van der Waals surface area contributed by atoms with Gasteiger partial charge >= 0.3 is 0 Å². The van der Waals surface area contributed by atoms with Crippen LogP contribution in [0.4, 0.5) is 5.69 Å². The van der Waals surface area contributed by atoms with Gasteiger partial charge in [0.2, 0.25) is 0 Å². The van der Waals surface area contributed by atoms with Gasteiger partial charge in [0.05, 0.1) is 0 Å². The maximum atomic E-state index is 3.47. The molecule has 0 aromatic heterocycles. The summed E-state index contributed by atoms with van der Waals surface area (Å²) in [5.74, 6) is 0. The lowest BCUT2D eigenvalue weighted by molar-refractivity contribution is 0.674. The van der Waals surface area contributed by atoms with Crippen LogP contribution in [0.2, 0.25) is 0 Å². The first-order valence-electron chi connectivity index (χ1n) is 6.20. The summed E-state index contributed by atoms with van der Waals surface area (Å²) < 4.78 is 0. The van der Waals surface area contributed by atoms with E-state index in [0.29, 0.717) is 0 Å². The number of anilines is 1. The number of hydrogen-bond donors (Lipinski definition) is 1. The van der Waals surface area contributed by atoms with Gasteiger partial charge in [-0.05, 0) is 38.4 Å². The highest BCUT2D eigenvalue weighted by molar-refractivity contribution is 5.54. The van der Waals surface area contributed by atoms with Crippen LogP contribution < -0.4 is 10.2 Å². The molecule has 0 unspecified atom stereocenters. The molecule has 0 aliphatic heterocycles. The van der Waals surface area contributed by atoms with Crippen molar-refractivity contribution in [2.75, 3.05) is 25.0 Å². The zero-order valence-electron chi connectivity index (χ0n) is 11.0. The van der Waals surface area contributed by atoms with Crippen molar-refractivity contribution >= 4 is 5.69 Å². The molecule has 1 rings (SSSR count). The molecule has 0 saturated carbocycles. The smallest absolute Gasteiger partial charge is 0.0409 e. The van der Waals surface area contributed by atoms with Crippen LogP contribution in [0.3, 0.4) is 0 Å². The molecule has 0 amide bonds. The number of rotatable bonds is 6. The third kappa shape index (κ3) is 3.53. The van der Waals surface area contributed by atoms with Gasteiger partial charge in [-0.1, -0.05) is 24.6 Å². The lowest BCUT2D eigenvalue weighted by atomic mass is 10.1. The van der Waals surface area contributed by atoms with Gasteiger partial charge in [0.1, 0.15) is 0 Å². The minimum atomic E-state index is 0.967. The molecule has 0 spiro atoms. The van der Waals surface area contributed by atoms with Crippen LogP contribution in [-0.2, 0) is 6.54 Å². The van der Waals surface area contributed by atoms with Gasteiger partial charge < -0.3 is 10.2 Å². The van der Waals surface area contributed by atoms with Crippen LogP contribution in [0.5, 0.6) is 0 Å². The molecule has 2 nitrogen and oxygen atoms in total. The van der Waals surface area contributed by atoms with E-state index in [-0.39, 0.29) is 0 Å². The van der Waals surface area contributed by atoms with Crippen LogP contribution in [0, 0.1) is 6.92 Å². The van der Waals surface area contributed by atoms with Crippen molar-refractivity contribution in [2.24, 2.45) is 0 Å². The Morgan fingerprint density at radius 1 is 1.25 bits per heavy atom. The third-order valence-corrected chi connectivity index (χ3v) is 2.86. The Kier molecular flexibility index (Phi) is 5.33. The summed E-state index contributed by atoms with van der Waals surface area (Å²) in [4.78, 5) is 2.29. The van der Waals surface area contributed by atoms with Crippen molar-refractivity contribution in [3.8, 4) is 0 Å². The molecule has 1 N–H and O–H groups in total. The molecule has 0 heterocycles. The lowest BCUT2D eigenvalue weighted by Crippen LogP contribution is -2.21. The van der Waals surface area contributed by atoms with E-state index in [1.165, 1.54) is 23.2 Å². The minimum absolute atomic E-state index is 0.967. The highest BCUT2D eigenvalue weighted by Gasteiger charge is 2.05. The average molecular weight is 220 g/mol. The molecule has 16 heavy (non-hydrogen) atoms. The van der Waals surface area contributed by atoms with Crippen LogP contribution >= 0.6 is 0 Å². The zero-order chi connectivity index (χ0) is 12.0. The second-order valence-electron chi connectivity index (χ2n) is 4.32. The summed E-state index contributed by atoms with van der Waals surface area (Å²) in [5.41, 5.74) is 4.08. The van der Waals surface area contributed by atoms with Crippen molar-refractivity contribution in [2.45, 2.75) is 33.7 Å². The van der Waals surface area contributed by atoms with Crippen molar-refractivity contribution in [3.05, 3.63) is 29.3 Å². The van der Waals surface area contributed by atoms with E-state index in [4.69, 9.17) is 0 Å². The van der Waals surface area contributed by atoms with Gasteiger partial charge in [-0.3, -0.25) is 0 Å². The Morgan fingerprint density at radius 2 is 2.00 bits per heavy atom. The second-order valence-corrected chi connectivity index (χ2v) is 4.32. The Bertz CT molecular complexity index is 321. The Balaban J connectivity index is 2.81. The van der Waals surface area contributed by atoms with Gasteiger partial charge in [-0.25, -0.2) is 0 Å². The average Bonchev–Trinajstić information content (AvgIpc) is 2.29. The minimum Gasteiger partial charge on any atom is -0.375 e. The molecular weight excluding hydrogens is 196 g/mol. The number of nitrogens with one attached hydrogen (secondary N) is 1. The fourth-order valence-electron chi connectivity index (χ4n) is 1.80. The highest BCUT2D eigenvalue weighted by atomic mass is 15.1. The van der Waals surface area contributed by atoms with E-state index in [9.17, 15) is 0 Å². The van der Waals surface area contributed by atoms with Crippen molar-refractivity contribution < 1.29 is 0 Å². The van der Waals surface area contributed by atoms with Gasteiger partial charge in [0.15, 0.2) is 0 Å². The fraction of sp³-hybridized carbons (Fsp3) is 0.571. The van der Waals surface area contributed by atoms with Gasteiger partial charge in [-0.15, -0.1) is 0 Å². The summed E-state index contributed by atoms with van der Waals surface area (Å²) >= 11 is 0. The summed E-state index contributed by atoms with van der Waals surface area (Å²) in [6.07, 6.45) is 1.19. The van der Waals surface area contributed by atoms with Gasteiger partial charge in [-0.2, -0.15) is 0 Å². The van der Waals surface area contributed by atoms with E-state index in [1.54, 1.807) is 0 Å². The SMILES string of the molecule is CCCNCc1cc(C)ccc1N(C)CC. The number of hydrogen-bond acceptors (Lipinski definition) is 2. The molecule has 0 bridgehead atoms. The molecule has 2 heteroatoms. The first-order chi connectivity index (χ1) is 7.69. The molecule has 0 fully saturated rings. The summed E-state index contributed by atoms with van der Waals surface area (Å²) in [5, 5.41) is 3.47. The highest BCUT2D eigenvalue weighted by Crippen LogP contribution is 2.20. The third-order valence-electron chi connectivity index (χ3n) is 2.86. The predicted octanol–water partition coefficient (Wildman–Crippen LogP) is 2.95. The standard InChI is InChI=1S/C14H24N2/c1-5-9-15-11-13-10-12(3)7-8-14(13)16(4)6-2/h7-8,10,15H,5-6,9,11H2,1-4H3. The molecular formula is C14H24N2. The van der Waals surface area contributed by atoms with Crippen LogP contribution in [0.1, 0.15) is 31.4 Å². The molecule has 0 aliphatic rings. The topological polar surface area (TPSA) is 15.3 Å². The maximum Gasteiger partial charge on any atom is 0.0409 e. The van der Waals surface area contributed by atoms with E-state index >= 15 is 0 Å². The molecule has 1 aromatic rings. The van der Waals surface area contributed by atoms with E-state index in [2.05, 4.69) is 56.2 Å². The molecule has 0 saturated heterocycles. The predicted molar refractivity (Wildman–Crippen MR) is 72.1 cm³/mol. The first kappa shape index (κ1) is 13.0. The Morgan fingerprint density at radius 3 is 2.62 bits per heavy atom. The van der Waals surface area contributed by atoms with Crippen LogP contribution in [0.25, 0.3) is 0 Å². The zero-order valence-corrected chi connectivity index (χ0v) is 11.0. The van der Waals surface area contributed by atoms with Crippen molar-refractivity contribution in [3.63, 3.8) is 0 Å². The van der Waals surface area contributed by atoms with Crippen LogP contribution in [-0.4, -0.2) is 20.1 Å². The molecule has 0 atom stereocenters. The van der Waals surface area contributed by atoms with Crippen LogP contribution in [0.15, 0.2) is 18.2 Å². The second kappa shape index (κ2) is 6.54.